The third kappa shape index (κ3) is 6.78. The fourth-order valence-electron chi connectivity index (χ4n) is 3.91. The molecule has 0 aliphatic carbocycles. The Hall–Kier alpha value is -3.17. The highest BCUT2D eigenvalue weighted by atomic mass is 35.5. The molecule has 37 heavy (non-hydrogen) atoms. The molecule has 0 saturated carbocycles. The molecule has 4 rings (SSSR count). The SMILES string of the molecule is CC(C)(C)OC(=O)N1CC(C=NC(=O)COc2ccc(Cl)c(F)c2)CC[C@@H]1c1nc2cccc(Cl)c2o1. The topological polar surface area (TPSA) is 94.2 Å². The largest absolute Gasteiger partial charge is 0.484 e. The monoisotopic (exact) mass is 549 g/mol. The van der Waals surface area contributed by atoms with Crippen LogP contribution >= 0.6 is 23.2 Å². The third-order valence-electron chi connectivity index (χ3n) is 5.60. The standard InChI is InChI=1S/C26H26Cl2FN3O5/c1-26(2,3)37-25(34)32-13-15(12-30-22(33)14-35-16-8-9-17(27)19(29)11-16)7-10-21(32)24-31-20-6-4-5-18(28)23(20)36-24/h4-6,8-9,11-12,15,21H,7,10,13-14H2,1-3H3/t15?,21-/m1/s1. The van der Waals surface area contributed by atoms with Gasteiger partial charge in [-0.05, 0) is 57.9 Å². The zero-order valence-electron chi connectivity index (χ0n) is 20.5. The maximum absolute atomic E-state index is 13.5. The molecule has 3 aromatic rings. The lowest BCUT2D eigenvalue weighted by Gasteiger charge is -2.37. The number of aliphatic imine (C=N–C) groups is 1. The van der Waals surface area contributed by atoms with E-state index in [1.807, 2.05) is 0 Å². The summed E-state index contributed by atoms with van der Waals surface area (Å²) in [7, 11) is 0. The van der Waals surface area contributed by atoms with Crippen LogP contribution in [0, 0.1) is 11.7 Å². The van der Waals surface area contributed by atoms with E-state index >= 15 is 0 Å². The van der Waals surface area contributed by atoms with E-state index in [1.165, 1.54) is 18.3 Å². The number of hydrogen-bond donors (Lipinski definition) is 0. The first-order valence-electron chi connectivity index (χ1n) is 11.7. The Morgan fingerprint density at radius 1 is 1.22 bits per heavy atom. The molecule has 196 valence electrons. The molecule has 1 aromatic heterocycles. The Kier molecular flexibility index (Phi) is 8.04. The van der Waals surface area contributed by atoms with Crippen LogP contribution in [0.25, 0.3) is 11.1 Å². The second-order valence-electron chi connectivity index (χ2n) is 9.66. The van der Waals surface area contributed by atoms with Gasteiger partial charge in [0.1, 0.15) is 28.7 Å². The first kappa shape index (κ1) is 26.9. The number of piperidine rings is 1. The smallest absolute Gasteiger partial charge is 0.410 e. The van der Waals surface area contributed by atoms with E-state index in [0.29, 0.717) is 34.9 Å². The number of benzene rings is 2. The van der Waals surface area contributed by atoms with Gasteiger partial charge in [0.25, 0.3) is 5.91 Å². The summed E-state index contributed by atoms with van der Waals surface area (Å²) < 4.78 is 30.4. The number of nitrogens with zero attached hydrogens (tertiary/aromatic N) is 3. The molecule has 0 spiro atoms. The second-order valence-corrected chi connectivity index (χ2v) is 10.5. The molecule has 2 atom stereocenters. The van der Waals surface area contributed by atoms with Crippen molar-refractivity contribution in [3.05, 3.63) is 58.2 Å². The third-order valence-corrected chi connectivity index (χ3v) is 6.20. The van der Waals surface area contributed by atoms with Crippen molar-refractivity contribution in [1.82, 2.24) is 9.88 Å². The molecule has 1 aliphatic heterocycles. The van der Waals surface area contributed by atoms with Crippen LogP contribution in [-0.2, 0) is 9.53 Å². The minimum Gasteiger partial charge on any atom is -0.484 e. The molecule has 11 heteroatoms. The van der Waals surface area contributed by atoms with E-state index in [1.54, 1.807) is 43.9 Å². The van der Waals surface area contributed by atoms with Crippen LogP contribution in [0.2, 0.25) is 10.0 Å². The molecule has 1 fully saturated rings. The van der Waals surface area contributed by atoms with Gasteiger partial charge >= 0.3 is 6.09 Å². The highest BCUT2D eigenvalue weighted by Gasteiger charge is 2.37. The number of carbonyl (C=O) groups is 2. The maximum atomic E-state index is 13.5. The summed E-state index contributed by atoms with van der Waals surface area (Å²) in [5.74, 6) is -0.872. The number of likely N-dealkylation sites (tertiary alicyclic amines) is 1. The molecule has 1 aliphatic rings. The molecule has 2 heterocycles. The van der Waals surface area contributed by atoms with Crippen molar-refractivity contribution in [3.8, 4) is 5.75 Å². The van der Waals surface area contributed by atoms with E-state index in [2.05, 4.69) is 9.98 Å². The number of amides is 2. The molecule has 2 aromatic carbocycles. The van der Waals surface area contributed by atoms with E-state index in [-0.39, 0.29) is 29.8 Å². The fraction of sp³-hybridized carbons (Fsp3) is 0.385. The highest BCUT2D eigenvalue weighted by molar-refractivity contribution is 6.34. The van der Waals surface area contributed by atoms with Gasteiger partial charge in [0.2, 0.25) is 5.89 Å². The van der Waals surface area contributed by atoms with E-state index < -0.39 is 29.5 Å². The molecular weight excluding hydrogens is 524 g/mol. The van der Waals surface area contributed by atoms with E-state index in [4.69, 9.17) is 37.1 Å². The number of ether oxygens (including phenoxy) is 2. The minimum absolute atomic E-state index is 0.0391. The number of hydrogen-bond acceptors (Lipinski definition) is 6. The number of fused-ring (bicyclic) bond motifs is 1. The van der Waals surface area contributed by atoms with Crippen molar-refractivity contribution in [2.45, 2.75) is 45.3 Å². The number of para-hydroxylation sites is 1. The molecule has 0 N–H and O–H groups in total. The lowest BCUT2D eigenvalue weighted by molar-refractivity contribution is -0.119. The molecular formula is C26H26Cl2FN3O5. The summed E-state index contributed by atoms with van der Waals surface area (Å²) in [4.78, 5) is 35.4. The predicted octanol–water partition coefficient (Wildman–Crippen LogP) is 6.64. The normalized spacial score (nSPS) is 18.4. The van der Waals surface area contributed by atoms with Crippen LogP contribution in [0.5, 0.6) is 5.75 Å². The van der Waals surface area contributed by atoms with E-state index in [9.17, 15) is 14.0 Å². The van der Waals surface area contributed by atoms with E-state index in [0.717, 1.165) is 6.07 Å². The van der Waals surface area contributed by atoms with Crippen LogP contribution in [0.4, 0.5) is 9.18 Å². The number of aromatic nitrogens is 1. The summed E-state index contributed by atoms with van der Waals surface area (Å²) in [6, 6.07) is 8.70. The van der Waals surface area contributed by atoms with Gasteiger partial charge < -0.3 is 13.9 Å². The lowest BCUT2D eigenvalue weighted by atomic mass is 9.93. The molecule has 1 unspecified atom stereocenters. The molecule has 2 amide bonds. The van der Waals surface area contributed by atoms with Crippen LogP contribution in [0.15, 0.2) is 45.8 Å². The second kappa shape index (κ2) is 11.1. The molecule has 8 nitrogen and oxygen atoms in total. The van der Waals surface area contributed by atoms with Gasteiger partial charge in [0.05, 0.1) is 10.0 Å². The van der Waals surface area contributed by atoms with Gasteiger partial charge in [-0.2, -0.15) is 0 Å². The van der Waals surface area contributed by atoms with Crippen LogP contribution in [0.3, 0.4) is 0 Å². The fourth-order valence-corrected chi connectivity index (χ4v) is 4.24. The predicted molar refractivity (Wildman–Crippen MR) is 138 cm³/mol. The van der Waals surface area contributed by atoms with Crippen molar-refractivity contribution in [1.29, 1.82) is 0 Å². The van der Waals surface area contributed by atoms with Crippen molar-refractivity contribution in [3.63, 3.8) is 0 Å². The number of halogens is 3. The quantitative estimate of drug-likeness (QED) is 0.331. The van der Waals surface area contributed by atoms with Crippen molar-refractivity contribution in [2.24, 2.45) is 10.9 Å². The van der Waals surface area contributed by atoms with Gasteiger partial charge in [-0.15, -0.1) is 0 Å². The summed E-state index contributed by atoms with van der Waals surface area (Å²) in [6.07, 6.45) is 2.11. The van der Waals surface area contributed by atoms with Crippen molar-refractivity contribution < 1.29 is 27.9 Å². The number of rotatable bonds is 5. The van der Waals surface area contributed by atoms with Crippen LogP contribution in [-0.4, -0.2) is 46.9 Å². The zero-order valence-corrected chi connectivity index (χ0v) is 22.1. The summed E-state index contributed by atoms with van der Waals surface area (Å²) in [6.45, 7) is 5.23. The molecule has 1 saturated heterocycles. The summed E-state index contributed by atoms with van der Waals surface area (Å²) >= 11 is 11.9. The Balaban J connectivity index is 1.46. The van der Waals surface area contributed by atoms with Crippen molar-refractivity contribution in [2.75, 3.05) is 13.2 Å². The minimum atomic E-state index is -0.707. The van der Waals surface area contributed by atoms with Crippen LogP contribution in [0.1, 0.15) is 45.5 Å². The Morgan fingerprint density at radius 3 is 2.70 bits per heavy atom. The van der Waals surface area contributed by atoms with Gasteiger partial charge in [0.15, 0.2) is 12.2 Å². The highest BCUT2D eigenvalue weighted by Crippen LogP contribution is 2.36. The maximum Gasteiger partial charge on any atom is 0.410 e. The Bertz CT molecular complexity index is 1340. The number of oxazole rings is 1. The van der Waals surface area contributed by atoms with Gasteiger partial charge in [-0.3, -0.25) is 9.69 Å². The first-order valence-corrected chi connectivity index (χ1v) is 12.4. The first-order chi connectivity index (χ1) is 17.5. The van der Waals surface area contributed by atoms with Crippen LogP contribution < -0.4 is 4.74 Å². The van der Waals surface area contributed by atoms with Gasteiger partial charge in [0, 0.05) is 24.7 Å². The number of carbonyl (C=O) groups excluding carboxylic acids is 2. The Morgan fingerprint density at radius 2 is 2.00 bits per heavy atom. The molecule has 0 radical (unpaired) electrons. The van der Waals surface area contributed by atoms with Gasteiger partial charge in [-0.25, -0.2) is 19.2 Å². The van der Waals surface area contributed by atoms with Gasteiger partial charge in [-0.1, -0.05) is 29.3 Å². The Labute approximate surface area is 223 Å². The molecule has 0 bridgehead atoms. The average Bonchev–Trinajstić information content (AvgIpc) is 3.28. The average molecular weight is 550 g/mol. The summed E-state index contributed by atoms with van der Waals surface area (Å²) in [5.41, 5.74) is 0.349. The lowest BCUT2D eigenvalue weighted by Crippen LogP contribution is -2.45. The van der Waals surface area contributed by atoms with Crippen molar-refractivity contribution >= 4 is 52.5 Å². The summed E-state index contributed by atoms with van der Waals surface area (Å²) in [5, 5.41) is 0.394. The zero-order chi connectivity index (χ0) is 26.7.